The van der Waals surface area contributed by atoms with Gasteiger partial charge in [0.2, 0.25) is 0 Å². The van der Waals surface area contributed by atoms with Gasteiger partial charge in [0, 0.05) is 13.2 Å². The van der Waals surface area contributed by atoms with Crippen LogP contribution in [-0.4, -0.2) is 29.1 Å². The van der Waals surface area contributed by atoms with E-state index in [-0.39, 0.29) is 12.5 Å². The third-order valence-electron chi connectivity index (χ3n) is 3.67. The molecule has 5 heteroatoms. The molecule has 1 aliphatic carbocycles. The highest BCUT2D eigenvalue weighted by atomic mass is 32.1. The molecule has 0 saturated heterocycles. The molecule has 2 rings (SSSR count). The summed E-state index contributed by atoms with van der Waals surface area (Å²) in [5.74, 6) is 0.729. The number of aromatic nitrogens is 1. The number of aliphatic hydroxyl groups is 1. The van der Waals surface area contributed by atoms with Crippen molar-refractivity contribution < 1.29 is 9.90 Å². The minimum absolute atomic E-state index is 0.0390. The van der Waals surface area contributed by atoms with Crippen LogP contribution in [0, 0.1) is 18.8 Å². The van der Waals surface area contributed by atoms with Crippen molar-refractivity contribution in [3.05, 3.63) is 16.1 Å². The molecule has 4 nitrogen and oxygen atoms in total. The number of aryl methyl sites for hydroxylation is 1. The van der Waals surface area contributed by atoms with E-state index in [1.54, 1.807) is 6.20 Å². The van der Waals surface area contributed by atoms with Crippen molar-refractivity contribution in [1.29, 1.82) is 0 Å². The Bertz CT molecular complexity index is 405. The van der Waals surface area contributed by atoms with Crippen LogP contribution in [0.4, 0.5) is 0 Å². The molecule has 2 unspecified atom stereocenters. The first kappa shape index (κ1) is 13.5. The standard InChI is InChI=1S/C13H20N2O2S/c1-9-14-7-12(18-9)13(17)15-6-10-4-2-3-5-11(10)8-16/h7,10-11,16H,2-6,8H2,1H3,(H,15,17). The van der Waals surface area contributed by atoms with Crippen LogP contribution in [0.5, 0.6) is 0 Å². The number of nitrogens with one attached hydrogen (secondary N) is 1. The Morgan fingerprint density at radius 3 is 2.83 bits per heavy atom. The lowest BCUT2D eigenvalue weighted by atomic mass is 9.79. The van der Waals surface area contributed by atoms with Gasteiger partial charge in [-0.25, -0.2) is 4.98 Å². The largest absolute Gasteiger partial charge is 0.396 e. The minimum Gasteiger partial charge on any atom is -0.396 e. The van der Waals surface area contributed by atoms with E-state index in [1.165, 1.54) is 24.2 Å². The first-order valence-corrected chi connectivity index (χ1v) is 7.34. The normalized spacial score (nSPS) is 23.9. The highest BCUT2D eigenvalue weighted by Crippen LogP contribution is 2.29. The zero-order valence-electron chi connectivity index (χ0n) is 10.7. The molecule has 0 spiro atoms. The number of carbonyl (C=O) groups is 1. The lowest BCUT2D eigenvalue weighted by Gasteiger charge is -2.30. The summed E-state index contributed by atoms with van der Waals surface area (Å²) in [4.78, 5) is 16.6. The Morgan fingerprint density at radius 1 is 1.50 bits per heavy atom. The Labute approximate surface area is 111 Å². The Morgan fingerprint density at radius 2 is 2.22 bits per heavy atom. The van der Waals surface area contributed by atoms with Crippen molar-refractivity contribution in [3.63, 3.8) is 0 Å². The van der Waals surface area contributed by atoms with Crippen molar-refractivity contribution in [2.45, 2.75) is 32.6 Å². The maximum Gasteiger partial charge on any atom is 0.263 e. The maximum absolute atomic E-state index is 11.9. The summed E-state index contributed by atoms with van der Waals surface area (Å²) < 4.78 is 0. The van der Waals surface area contributed by atoms with Crippen molar-refractivity contribution in [2.24, 2.45) is 11.8 Å². The second-order valence-corrected chi connectivity index (χ2v) is 6.18. The summed E-state index contributed by atoms with van der Waals surface area (Å²) >= 11 is 1.42. The van der Waals surface area contributed by atoms with E-state index >= 15 is 0 Å². The van der Waals surface area contributed by atoms with Gasteiger partial charge in [0.1, 0.15) is 4.88 Å². The van der Waals surface area contributed by atoms with E-state index in [2.05, 4.69) is 10.3 Å². The molecule has 1 aliphatic rings. The van der Waals surface area contributed by atoms with Gasteiger partial charge in [0.25, 0.3) is 5.91 Å². The monoisotopic (exact) mass is 268 g/mol. The smallest absolute Gasteiger partial charge is 0.263 e. The molecule has 1 heterocycles. The van der Waals surface area contributed by atoms with Crippen LogP contribution >= 0.6 is 11.3 Å². The van der Waals surface area contributed by atoms with Crippen LogP contribution in [-0.2, 0) is 0 Å². The van der Waals surface area contributed by atoms with Gasteiger partial charge in [-0.05, 0) is 31.6 Å². The van der Waals surface area contributed by atoms with Gasteiger partial charge in [-0.2, -0.15) is 0 Å². The van der Waals surface area contributed by atoms with Crippen LogP contribution < -0.4 is 5.32 Å². The van der Waals surface area contributed by atoms with Gasteiger partial charge in [-0.15, -0.1) is 11.3 Å². The molecule has 0 bridgehead atoms. The molecule has 18 heavy (non-hydrogen) atoms. The fourth-order valence-electron chi connectivity index (χ4n) is 2.57. The second-order valence-electron chi connectivity index (χ2n) is 4.94. The fraction of sp³-hybridized carbons (Fsp3) is 0.692. The molecule has 1 aromatic heterocycles. The summed E-state index contributed by atoms with van der Waals surface area (Å²) in [5.41, 5.74) is 0. The summed E-state index contributed by atoms with van der Waals surface area (Å²) in [6, 6.07) is 0. The van der Waals surface area contributed by atoms with Gasteiger partial charge < -0.3 is 10.4 Å². The van der Waals surface area contributed by atoms with E-state index in [1.807, 2.05) is 6.92 Å². The van der Waals surface area contributed by atoms with Crippen molar-refractivity contribution in [2.75, 3.05) is 13.2 Å². The molecule has 1 amide bonds. The topological polar surface area (TPSA) is 62.2 Å². The van der Waals surface area contributed by atoms with Gasteiger partial charge in [-0.1, -0.05) is 12.8 Å². The molecule has 100 valence electrons. The number of amides is 1. The van der Waals surface area contributed by atoms with E-state index in [0.29, 0.717) is 23.3 Å². The predicted octanol–water partition coefficient (Wildman–Crippen LogP) is 1.98. The molecule has 0 radical (unpaired) electrons. The highest BCUT2D eigenvalue weighted by Gasteiger charge is 2.25. The van der Waals surface area contributed by atoms with Gasteiger partial charge in [0.05, 0.1) is 11.2 Å². The Kier molecular flexibility index (Phi) is 4.72. The number of rotatable bonds is 4. The third kappa shape index (κ3) is 3.29. The number of thiazole rings is 1. The van der Waals surface area contributed by atoms with Crippen molar-refractivity contribution in [3.8, 4) is 0 Å². The van der Waals surface area contributed by atoms with Crippen LogP contribution in [0.1, 0.15) is 40.4 Å². The van der Waals surface area contributed by atoms with Crippen LogP contribution in [0.2, 0.25) is 0 Å². The van der Waals surface area contributed by atoms with E-state index in [0.717, 1.165) is 17.8 Å². The zero-order valence-corrected chi connectivity index (χ0v) is 11.5. The highest BCUT2D eigenvalue weighted by molar-refractivity contribution is 7.13. The van der Waals surface area contributed by atoms with Crippen LogP contribution in [0.15, 0.2) is 6.20 Å². The first-order valence-electron chi connectivity index (χ1n) is 6.52. The first-order chi connectivity index (χ1) is 8.70. The van der Waals surface area contributed by atoms with Gasteiger partial charge in [-0.3, -0.25) is 4.79 Å². The summed E-state index contributed by atoms with van der Waals surface area (Å²) in [6.45, 7) is 2.80. The average Bonchev–Trinajstić information content (AvgIpc) is 2.83. The van der Waals surface area contributed by atoms with Crippen molar-refractivity contribution in [1.82, 2.24) is 10.3 Å². The average molecular weight is 268 g/mol. The number of aliphatic hydroxyl groups excluding tert-OH is 1. The zero-order chi connectivity index (χ0) is 13.0. The van der Waals surface area contributed by atoms with E-state index in [4.69, 9.17) is 0 Å². The molecule has 1 saturated carbocycles. The van der Waals surface area contributed by atoms with Gasteiger partial charge in [0.15, 0.2) is 0 Å². The lowest BCUT2D eigenvalue weighted by Crippen LogP contribution is -2.35. The summed E-state index contributed by atoms with van der Waals surface area (Å²) in [6.07, 6.45) is 6.21. The number of hydrogen-bond donors (Lipinski definition) is 2. The summed E-state index contributed by atoms with van der Waals surface area (Å²) in [7, 11) is 0. The lowest BCUT2D eigenvalue weighted by molar-refractivity contribution is 0.0913. The predicted molar refractivity (Wildman–Crippen MR) is 71.7 cm³/mol. The molecular formula is C13H20N2O2S. The maximum atomic E-state index is 11.9. The molecule has 0 aromatic carbocycles. The van der Waals surface area contributed by atoms with Crippen LogP contribution in [0.3, 0.4) is 0 Å². The van der Waals surface area contributed by atoms with Gasteiger partial charge >= 0.3 is 0 Å². The molecule has 1 fully saturated rings. The minimum atomic E-state index is -0.0390. The molecule has 0 aliphatic heterocycles. The van der Waals surface area contributed by atoms with Crippen LogP contribution in [0.25, 0.3) is 0 Å². The molecule has 1 aromatic rings. The Hall–Kier alpha value is -0.940. The molecular weight excluding hydrogens is 248 g/mol. The SMILES string of the molecule is Cc1ncc(C(=O)NCC2CCCCC2CO)s1. The molecule has 2 N–H and O–H groups in total. The van der Waals surface area contributed by atoms with E-state index in [9.17, 15) is 9.90 Å². The number of carbonyl (C=O) groups excluding carboxylic acids is 1. The van der Waals surface area contributed by atoms with Crippen molar-refractivity contribution >= 4 is 17.2 Å². The number of hydrogen-bond acceptors (Lipinski definition) is 4. The quantitative estimate of drug-likeness (QED) is 0.877. The summed E-state index contributed by atoms with van der Waals surface area (Å²) in [5, 5.41) is 13.2. The van der Waals surface area contributed by atoms with E-state index < -0.39 is 0 Å². The molecule has 2 atom stereocenters. The fourth-order valence-corrected chi connectivity index (χ4v) is 3.26. The number of nitrogens with zero attached hydrogens (tertiary/aromatic N) is 1. The Balaban J connectivity index is 1.85. The second kappa shape index (κ2) is 6.29. The third-order valence-corrected chi connectivity index (χ3v) is 4.58.